The maximum absolute atomic E-state index is 14.5. The Labute approximate surface area is 314 Å². The Hall–Kier alpha value is -3.63. The van der Waals surface area contributed by atoms with Crippen LogP contribution in [-0.4, -0.2) is 71.0 Å². The van der Waals surface area contributed by atoms with Crippen molar-refractivity contribution in [3.63, 3.8) is 0 Å². The zero-order chi connectivity index (χ0) is 37.8. The molecule has 4 aliphatic rings. The van der Waals surface area contributed by atoms with Gasteiger partial charge in [0.05, 0.1) is 27.1 Å². The van der Waals surface area contributed by atoms with E-state index < -0.39 is 68.0 Å². The Morgan fingerprint density at radius 2 is 1.81 bits per heavy atom. The number of alkyl halides is 3. The first-order chi connectivity index (χ1) is 25.1. The van der Waals surface area contributed by atoms with Crippen LogP contribution in [0, 0.1) is 5.92 Å². The molecule has 1 aromatic heterocycles. The number of ether oxygens (including phenoxy) is 1. The van der Waals surface area contributed by atoms with E-state index >= 15 is 0 Å². The van der Waals surface area contributed by atoms with Crippen LogP contribution in [0.3, 0.4) is 0 Å². The minimum absolute atomic E-state index is 0.0310. The number of hydrogen-bond donors (Lipinski definition) is 3. The number of nitrogens with zero attached hydrogens (tertiary/aromatic N) is 2. The number of anilines is 1. The lowest BCUT2D eigenvalue weighted by molar-refractivity contribution is -0.140. The minimum atomic E-state index is -4.59. The molecule has 3 aromatic rings. The number of thiazole rings is 1. The highest BCUT2D eigenvalue weighted by molar-refractivity contribution is 7.91. The number of rotatable bonds is 7. The summed E-state index contributed by atoms with van der Waals surface area (Å²) in [5.74, 6) is -2.22. The van der Waals surface area contributed by atoms with Gasteiger partial charge in [0.15, 0.2) is 0 Å². The molecule has 53 heavy (non-hydrogen) atoms. The molecule has 286 valence electrons. The van der Waals surface area contributed by atoms with E-state index in [1.807, 2.05) is 0 Å². The molecule has 3 amide bonds. The van der Waals surface area contributed by atoms with Crippen molar-refractivity contribution in [2.45, 2.75) is 112 Å². The average molecular weight is 796 g/mol. The number of fused-ring (bicyclic) bond motifs is 3. The van der Waals surface area contributed by atoms with Crippen LogP contribution in [0.4, 0.5) is 18.9 Å². The summed E-state index contributed by atoms with van der Waals surface area (Å²) in [5, 5.41) is 6.74. The van der Waals surface area contributed by atoms with Gasteiger partial charge in [-0.1, -0.05) is 61.1 Å². The molecule has 0 radical (unpaired) electrons. The first-order valence-electron chi connectivity index (χ1n) is 17.9. The molecule has 5 atom stereocenters. The molecule has 3 N–H and O–H groups in total. The number of nitrogens with one attached hydrogen (secondary N) is 3. The maximum Gasteiger partial charge on any atom is 0.416 e. The van der Waals surface area contributed by atoms with Gasteiger partial charge in [-0.25, -0.2) is 13.4 Å². The molecule has 0 bridgehead atoms. The third-order valence-electron chi connectivity index (χ3n) is 11.0. The Morgan fingerprint density at radius 1 is 1.08 bits per heavy atom. The van der Waals surface area contributed by atoms with Crippen molar-refractivity contribution in [3.8, 4) is 5.19 Å². The largest absolute Gasteiger partial charge is 0.465 e. The normalized spacial score (nSPS) is 27.8. The van der Waals surface area contributed by atoms with Gasteiger partial charge in [0, 0.05) is 17.1 Å². The van der Waals surface area contributed by atoms with Crippen LogP contribution < -0.4 is 20.1 Å². The fraction of sp³-hybridized carbons (Fsp3) is 0.556. The van der Waals surface area contributed by atoms with E-state index in [4.69, 9.17) is 16.3 Å². The van der Waals surface area contributed by atoms with Gasteiger partial charge in [0.2, 0.25) is 21.8 Å². The third-order valence-corrected chi connectivity index (χ3v) is 14.3. The predicted molar refractivity (Wildman–Crippen MR) is 194 cm³/mol. The summed E-state index contributed by atoms with van der Waals surface area (Å²) >= 11 is 7.41. The summed E-state index contributed by atoms with van der Waals surface area (Å²) in [7, 11) is -3.99. The van der Waals surface area contributed by atoms with Crippen LogP contribution in [0.2, 0.25) is 5.02 Å². The Bertz CT molecular complexity index is 2020. The summed E-state index contributed by atoms with van der Waals surface area (Å²) < 4.78 is 75.2. The highest BCUT2D eigenvalue weighted by Gasteiger charge is 2.63. The van der Waals surface area contributed by atoms with E-state index in [0.29, 0.717) is 47.8 Å². The van der Waals surface area contributed by atoms with Crippen molar-refractivity contribution in [2.75, 3.05) is 11.9 Å². The first-order valence-corrected chi connectivity index (χ1v) is 20.6. The zero-order valence-corrected chi connectivity index (χ0v) is 31.4. The fourth-order valence-corrected chi connectivity index (χ4v) is 9.88. The number of halogens is 4. The topological polar surface area (TPSA) is 147 Å². The smallest absolute Gasteiger partial charge is 0.416 e. The predicted octanol–water partition coefficient (Wildman–Crippen LogP) is 6.42. The Balaban J connectivity index is 1.19. The van der Waals surface area contributed by atoms with Crippen molar-refractivity contribution < 1.29 is 40.7 Å². The summed E-state index contributed by atoms with van der Waals surface area (Å²) in [6.07, 6.45) is 0.523. The van der Waals surface area contributed by atoms with Crippen LogP contribution >= 0.6 is 22.9 Å². The number of sulfonamides is 1. The van der Waals surface area contributed by atoms with Gasteiger partial charge in [-0.05, 0) is 81.3 Å². The lowest BCUT2D eigenvalue weighted by Gasteiger charge is -2.30. The molecular weight excluding hydrogens is 755 g/mol. The zero-order valence-electron chi connectivity index (χ0n) is 29.0. The molecule has 2 aliphatic heterocycles. The minimum Gasteiger partial charge on any atom is -0.465 e. The van der Waals surface area contributed by atoms with Crippen LogP contribution in [0.25, 0.3) is 10.2 Å². The van der Waals surface area contributed by atoms with Crippen LogP contribution in [0.15, 0.2) is 42.5 Å². The van der Waals surface area contributed by atoms with Crippen molar-refractivity contribution in [3.05, 3.63) is 53.1 Å². The second-order valence-electron chi connectivity index (χ2n) is 14.9. The van der Waals surface area contributed by atoms with Crippen molar-refractivity contribution in [1.29, 1.82) is 0 Å². The number of benzene rings is 2. The number of hydrogen-bond acceptors (Lipinski definition) is 9. The Kier molecular flexibility index (Phi) is 10.1. The lowest BCUT2D eigenvalue weighted by Crippen LogP contribution is -2.58. The molecule has 11 nitrogen and oxygen atoms in total. The molecule has 0 spiro atoms. The standard InChI is InChI=1S/C36H41ClF3N5O6S2/c1-34(14-15-34)53(49,50)44-32(48)35-19-22(35)8-5-3-2-4-6-11-27(41-24-10-7-9-21(16-24)36(38,39)40)31(47)45-20-25(18-28(45)30(46)43-35)51-33-42-26-13-12-23(37)17-29(26)52-33/h7,9-10,12-13,16-17,22,25,27-28,41H,2-6,8,11,14-15,18-20H2,1H3,(H,43,46)(H,44,48)/t22-,25-,27+,28+,35-/m1/s1. The molecule has 2 saturated carbocycles. The first kappa shape index (κ1) is 37.7. The Morgan fingerprint density at radius 3 is 2.55 bits per heavy atom. The molecule has 2 aromatic carbocycles. The van der Waals surface area contributed by atoms with Gasteiger partial charge in [0.25, 0.3) is 11.1 Å². The second-order valence-corrected chi connectivity index (χ2v) is 18.6. The maximum atomic E-state index is 14.5. The SMILES string of the molecule is CC1(S(=O)(=O)NC(=O)[C@@]23C[C@H]2CCCCCCC[C@H](Nc2cccc(C(F)(F)F)c2)C(=O)N2C[C@H](Oc4nc5ccc(Cl)cc5s4)C[C@H]2C(=O)N3)CC1. The molecule has 4 fully saturated rings. The molecule has 0 unspecified atom stereocenters. The summed E-state index contributed by atoms with van der Waals surface area (Å²) in [6, 6.07) is 7.74. The average Bonchev–Trinajstić information content (AvgIpc) is 3.91. The van der Waals surface area contributed by atoms with E-state index in [2.05, 4.69) is 20.3 Å². The molecule has 17 heteroatoms. The molecule has 2 aliphatic carbocycles. The molecule has 3 heterocycles. The molecule has 2 saturated heterocycles. The molecular formula is C36H41ClF3N5O6S2. The van der Waals surface area contributed by atoms with Crippen LogP contribution in [0.1, 0.15) is 83.1 Å². The van der Waals surface area contributed by atoms with Crippen LogP contribution in [0.5, 0.6) is 5.19 Å². The number of carbonyl (C=O) groups excluding carboxylic acids is 3. The number of aromatic nitrogens is 1. The van der Waals surface area contributed by atoms with Gasteiger partial charge < -0.3 is 20.3 Å². The molecule has 7 rings (SSSR count). The van der Waals surface area contributed by atoms with Gasteiger partial charge in [-0.2, -0.15) is 13.2 Å². The van der Waals surface area contributed by atoms with Gasteiger partial charge >= 0.3 is 6.18 Å². The van der Waals surface area contributed by atoms with E-state index in [1.165, 1.54) is 28.4 Å². The van der Waals surface area contributed by atoms with Crippen LogP contribution in [-0.2, 0) is 30.6 Å². The van der Waals surface area contributed by atoms with E-state index in [1.54, 1.807) is 25.1 Å². The lowest BCUT2D eigenvalue weighted by atomic mass is 10.0. The van der Waals surface area contributed by atoms with Crippen molar-refractivity contribution >= 4 is 66.6 Å². The summed E-state index contributed by atoms with van der Waals surface area (Å²) in [5.41, 5.74) is -1.56. The summed E-state index contributed by atoms with van der Waals surface area (Å²) in [6.45, 7) is 1.54. The third kappa shape index (κ3) is 7.95. The number of amides is 3. The van der Waals surface area contributed by atoms with E-state index in [0.717, 1.165) is 42.5 Å². The second kappa shape index (κ2) is 14.2. The monoisotopic (exact) mass is 795 g/mol. The summed E-state index contributed by atoms with van der Waals surface area (Å²) in [4.78, 5) is 48.5. The van der Waals surface area contributed by atoms with Gasteiger partial charge in [-0.3, -0.25) is 19.1 Å². The van der Waals surface area contributed by atoms with E-state index in [9.17, 15) is 36.0 Å². The van der Waals surface area contributed by atoms with Gasteiger partial charge in [0.1, 0.15) is 23.7 Å². The fourth-order valence-electron chi connectivity index (χ4n) is 7.41. The van der Waals surface area contributed by atoms with Crippen molar-refractivity contribution in [1.82, 2.24) is 19.9 Å². The van der Waals surface area contributed by atoms with E-state index in [-0.39, 0.29) is 31.0 Å². The van der Waals surface area contributed by atoms with Gasteiger partial charge in [-0.15, -0.1) is 0 Å². The highest BCUT2D eigenvalue weighted by Crippen LogP contribution is 2.49. The number of carbonyl (C=O) groups is 3. The quantitative estimate of drug-likeness (QED) is 0.249. The highest BCUT2D eigenvalue weighted by atomic mass is 35.5. The van der Waals surface area contributed by atoms with Crippen molar-refractivity contribution in [2.24, 2.45) is 5.92 Å².